The number of hydrogen-bond donors (Lipinski definition) is 0. The summed E-state index contributed by atoms with van der Waals surface area (Å²) in [5.74, 6) is 0. The SMILES string of the molecule is CC(C)N(C(C)(C)C)[Si](C)(C)Cl. The molecule has 0 aliphatic heterocycles. The summed E-state index contributed by atoms with van der Waals surface area (Å²) in [6.07, 6.45) is 0. The molecule has 0 rings (SSSR count). The zero-order chi connectivity index (χ0) is 10.2. The van der Waals surface area contributed by atoms with E-state index in [-0.39, 0.29) is 5.54 Å². The molecule has 0 heterocycles. The van der Waals surface area contributed by atoms with Gasteiger partial charge in [-0.2, -0.15) is 0 Å². The summed E-state index contributed by atoms with van der Waals surface area (Å²) in [5.41, 5.74) is 0.186. The fourth-order valence-electron chi connectivity index (χ4n) is 2.19. The van der Waals surface area contributed by atoms with Gasteiger partial charge in [0, 0.05) is 5.54 Å². The Labute approximate surface area is 82.9 Å². The van der Waals surface area contributed by atoms with Gasteiger partial charge in [-0.15, -0.1) is 11.1 Å². The minimum atomic E-state index is -1.68. The predicted octanol–water partition coefficient (Wildman–Crippen LogP) is 3.44. The first-order valence-corrected chi connectivity index (χ1v) is 8.51. The van der Waals surface area contributed by atoms with E-state index in [1.54, 1.807) is 0 Å². The highest BCUT2D eigenvalue weighted by Crippen LogP contribution is 2.27. The number of halogens is 1. The van der Waals surface area contributed by atoms with Crippen LogP contribution in [-0.2, 0) is 0 Å². The Morgan fingerprint density at radius 2 is 1.50 bits per heavy atom. The molecule has 74 valence electrons. The molecule has 0 aromatic heterocycles. The van der Waals surface area contributed by atoms with Gasteiger partial charge in [0.15, 0.2) is 0 Å². The lowest BCUT2D eigenvalue weighted by Crippen LogP contribution is -2.57. The van der Waals surface area contributed by atoms with Crippen molar-refractivity contribution in [2.24, 2.45) is 0 Å². The second-order valence-electron chi connectivity index (χ2n) is 5.04. The van der Waals surface area contributed by atoms with E-state index in [1.165, 1.54) is 0 Å². The standard InChI is InChI=1S/C9H22ClNSi/c1-8(2)11(9(3,4)5)12(6,7)10/h8H,1-7H3. The molecule has 0 bridgehead atoms. The molecule has 0 atom stereocenters. The van der Waals surface area contributed by atoms with Gasteiger partial charge in [0.1, 0.15) is 0 Å². The fraction of sp³-hybridized carbons (Fsp3) is 1.00. The first-order chi connectivity index (χ1) is 5.07. The van der Waals surface area contributed by atoms with Crippen LogP contribution in [-0.4, -0.2) is 23.7 Å². The van der Waals surface area contributed by atoms with Crippen LogP contribution in [0.5, 0.6) is 0 Å². The van der Waals surface area contributed by atoms with E-state index in [4.69, 9.17) is 11.1 Å². The van der Waals surface area contributed by atoms with Crippen molar-refractivity contribution in [3.8, 4) is 0 Å². The molecule has 0 aliphatic carbocycles. The van der Waals surface area contributed by atoms with E-state index in [0.717, 1.165) is 0 Å². The molecule has 0 aromatic carbocycles. The Bertz CT molecular complexity index is 130. The maximum atomic E-state index is 6.44. The molecule has 0 spiro atoms. The number of hydrogen-bond acceptors (Lipinski definition) is 1. The van der Waals surface area contributed by atoms with Gasteiger partial charge < -0.3 is 4.57 Å². The summed E-state index contributed by atoms with van der Waals surface area (Å²) < 4.78 is 2.45. The third kappa shape index (κ3) is 3.46. The average molecular weight is 208 g/mol. The third-order valence-corrected chi connectivity index (χ3v) is 4.69. The van der Waals surface area contributed by atoms with Gasteiger partial charge in [0.25, 0.3) is 0 Å². The first-order valence-electron chi connectivity index (χ1n) is 4.55. The second kappa shape index (κ2) is 3.68. The smallest absolute Gasteiger partial charge is 0.223 e. The molecule has 12 heavy (non-hydrogen) atoms. The van der Waals surface area contributed by atoms with E-state index in [0.29, 0.717) is 6.04 Å². The highest BCUT2D eigenvalue weighted by atomic mass is 35.6. The molecule has 0 amide bonds. The van der Waals surface area contributed by atoms with Crippen molar-refractivity contribution < 1.29 is 0 Å². The van der Waals surface area contributed by atoms with Gasteiger partial charge in [-0.05, 0) is 39.9 Å². The van der Waals surface area contributed by atoms with Gasteiger partial charge >= 0.3 is 0 Å². The van der Waals surface area contributed by atoms with Crippen LogP contribution in [0.15, 0.2) is 0 Å². The van der Waals surface area contributed by atoms with Crippen molar-refractivity contribution in [3.05, 3.63) is 0 Å². The minimum absolute atomic E-state index is 0.186. The van der Waals surface area contributed by atoms with Crippen molar-refractivity contribution in [2.75, 3.05) is 0 Å². The summed E-state index contributed by atoms with van der Waals surface area (Å²) >= 11 is 6.44. The van der Waals surface area contributed by atoms with Crippen LogP contribution in [0.25, 0.3) is 0 Å². The lowest BCUT2D eigenvalue weighted by atomic mass is 10.1. The van der Waals surface area contributed by atoms with Crippen molar-refractivity contribution in [3.63, 3.8) is 0 Å². The van der Waals surface area contributed by atoms with E-state index in [9.17, 15) is 0 Å². The van der Waals surface area contributed by atoms with Crippen molar-refractivity contribution >= 4 is 18.6 Å². The second-order valence-corrected chi connectivity index (χ2v) is 11.1. The molecule has 0 aliphatic rings. The van der Waals surface area contributed by atoms with E-state index in [1.807, 2.05) is 0 Å². The van der Waals surface area contributed by atoms with Gasteiger partial charge in [-0.1, -0.05) is 13.8 Å². The molecule has 0 aromatic rings. The molecule has 1 nitrogen and oxygen atoms in total. The summed E-state index contributed by atoms with van der Waals surface area (Å²) in [7, 11) is -1.68. The molecule has 3 heteroatoms. The Kier molecular flexibility index (Phi) is 3.83. The van der Waals surface area contributed by atoms with E-state index < -0.39 is 7.55 Å². The van der Waals surface area contributed by atoms with Crippen LogP contribution in [0.2, 0.25) is 13.1 Å². The van der Waals surface area contributed by atoms with Crippen LogP contribution in [0, 0.1) is 0 Å². The van der Waals surface area contributed by atoms with E-state index in [2.05, 4.69) is 52.3 Å². The highest BCUT2D eigenvalue weighted by Gasteiger charge is 2.37. The summed E-state index contributed by atoms with van der Waals surface area (Å²) in [6, 6.07) is 0.532. The molecular weight excluding hydrogens is 186 g/mol. The molecule has 0 radical (unpaired) electrons. The maximum Gasteiger partial charge on any atom is 0.223 e. The van der Waals surface area contributed by atoms with E-state index >= 15 is 0 Å². The van der Waals surface area contributed by atoms with Crippen LogP contribution in [0.4, 0.5) is 0 Å². The van der Waals surface area contributed by atoms with Gasteiger partial charge in [0.2, 0.25) is 7.55 Å². The zero-order valence-corrected chi connectivity index (χ0v) is 11.2. The quantitative estimate of drug-likeness (QED) is 0.496. The van der Waals surface area contributed by atoms with Crippen LogP contribution in [0.1, 0.15) is 34.6 Å². The molecule has 0 fully saturated rings. The molecule has 0 unspecified atom stereocenters. The van der Waals surface area contributed by atoms with Crippen LogP contribution >= 0.6 is 11.1 Å². The monoisotopic (exact) mass is 207 g/mol. The lowest BCUT2D eigenvalue weighted by molar-refractivity contribution is 0.204. The topological polar surface area (TPSA) is 3.24 Å². The molecule has 0 saturated carbocycles. The lowest BCUT2D eigenvalue weighted by Gasteiger charge is -2.45. The van der Waals surface area contributed by atoms with Crippen molar-refractivity contribution in [1.82, 2.24) is 4.57 Å². The Morgan fingerprint density at radius 3 is 1.50 bits per heavy atom. The largest absolute Gasteiger partial charge is 0.305 e. The Morgan fingerprint density at radius 1 is 1.17 bits per heavy atom. The summed E-state index contributed by atoms with van der Waals surface area (Å²) in [4.78, 5) is 0. The third-order valence-electron chi connectivity index (χ3n) is 1.81. The average Bonchev–Trinajstić information content (AvgIpc) is 1.49. The Balaban J connectivity index is 4.70. The Hall–Kier alpha value is 0.467. The zero-order valence-electron chi connectivity index (χ0n) is 9.40. The van der Waals surface area contributed by atoms with Crippen LogP contribution in [0.3, 0.4) is 0 Å². The summed E-state index contributed by atoms with van der Waals surface area (Å²) in [6.45, 7) is 15.5. The molecule has 0 N–H and O–H groups in total. The molecule has 0 saturated heterocycles. The maximum absolute atomic E-state index is 6.44. The number of rotatable bonds is 2. The first kappa shape index (κ1) is 12.5. The predicted molar refractivity (Wildman–Crippen MR) is 60.1 cm³/mol. The van der Waals surface area contributed by atoms with Gasteiger partial charge in [-0.25, -0.2) is 0 Å². The van der Waals surface area contributed by atoms with Crippen molar-refractivity contribution in [2.45, 2.75) is 59.3 Å². The minimum Gasteiger partial charge on any atom is -0.305 e. The normalized spacial score (nSPS) is 14.5. The number of nitrogens with zero attached hydrogens (tertiary/aromatic N) is 1. The van der Waals surface area contributed by atoms with Crippen molar-refractivity contribution in [1.29, 1.82) is 0 Å². The van der Waals surface area contributed by atoms with Gasteiger partial charge in [0.05, 0.1) is 0 Å². The van der Waals surface area contributed by atoms with Gasteiger partial charge in [-0.3, -0.25) is 0 Å². The summed E-state index contributed by atoms with van der Waals surface area (Å²) in [5, 5.41) is 0. The molecular formula is C9H22ClNSi. The fourth-order valence-corrected chi connectivity index (χ4v) is 6.36. The highest BCUT2D eigenvalue weighted by molar-refractivity contribution is 7.17. The van der Waals surface area contributed by atoms with Crippen LogP contribution < -0.4 is 0 Å².